The fourth-order valence-corrected chi connectivity index (χ4v) is 6.36. The number of fused-ring (bicyclic) bond motifs is 1. The lowest BCUT2D eigenvalue weighted by molar-refractivity contribution is 0.346. The summed E-state index contributed by atoms with van der Waals surface area (Å²) in [6.45, 7) is 4.82. The van der Waals surface area contributed by atoms with E-state index < -0.39 is 9.84 Å². The first-order valence-corrected chi connectivity index (χ1v) is 11.2. The number of methoxy groups -OCH3 is 1. The molecular weight excluding hydrogens is 414 g/mol. The summed E-state index contributed by atoms with van der Waals surface area (Å²) < 4.78 is 32.6. The molecule has 0 spiro atoms. The molecule has 140 valence electrons. The Morgan fingerprint density at radius 1 is 1.23 bits per heavy atom. The highest BCUT2D eigenvalue weighted by molar-refractivity contribution is 9.10. The number of rotatable bonds is 4. The van der Waals surface area contributed by atoms with E-state index in [4.69, 9.17) is 4.74 Å². The molecule has 1 aliphatic heterocycles. The quantitative estimate of drug-likeness (QED) is 0.659. The van der Waals surface area contributed by atoms with Gasteiger partial charge in [0.2, 0.25) is 0 Å². The van der Waals surface area contributed by atoms with Gasteiger partial charge in [0, 0.05) is 18.3 Å². The second-order valence-electron chi connectivity index (χ2n) is 7.20. The van der Waals surface area contributed by atoms with Gasteiger partial charge in [0.15, 0.2) is 9.84 Å². The molecule has 0 aromatic heterocycles. The molecule has 0 fully saturated rings. The van der Waals surface area contributed by atoms with Crippen molar-refractivity contribution in [3.8, 4) is 5.75 Å². The lowest BCUT2D eigenvalue weighted by Crippen LogP contribution is -2.35. The highest BCUT2D eigenvalue weighted by atomic mass is 79.9. The minimum absolute atomic E-state index is 0.134. The fourth-order valence-electron chi connectivity index (χ4n) is 3.78. The van der Waals surface area contributed by atoms with Gasteiger partial charge in [0.25, 0.3) is 0 Å². The first kappa shape index (κ1) is 19.2. The van der Waals surface area contributed by atoms with Crippen LogP contribution in [0.2, 0.25) is 0 Å². The monoisotopic (exact) mass is 437 g/mol. The number of hydrogen-bond acceptors (Lipinski definition) is 4. The van der Waals surface area contributed by atoms with Crippen LogP contribution in [0.3, 0.4) is 0 Å². The van der Waals surface area contributed by atoms with E-state index in [1.165, 1.54) is 0 Å². The summed E-state index contributed by atoms with van der Waals surface area (Å²) >= 11 is 3.51. The van der Waals surface area contributed by atoms with Crippen LogP contribution < -0.4 is 9.64 Å². The van der Waals surface area contributed by atoms with Crippen LogP contribution in [0.1, 0.15) is 26.7 Å². The molecule has 6 heteroatoms. The smallest absolute Gasteiger partial charge is 0.181 e. The molecule has 1 atom stereocenters. The molecule has 0 aliphatic carbocycles. The molecule has 26 heavy (non-hydrogen) atoms. The molecule has 0 N–H and O–H groups in total. The molecule has 4 nitrogen and oxygen atoms in total. The molecular formula is C20H24BrNO3S. The Bertz CT molecular complexity index is 899. The Balaban J connectivity index is 2.27. The Kier molecular flexibility index (Phi) is 5.35. The van der Waals surface area contributed by atoms with Gasteiger partial charge in [-0.05, 0) is 46.0 Å². The molecule has 0 bridgehead atoms. The molecule has 0 radical (unpaired) electrons. The zero-order valence-corrected chi connectivity index (χ0v) is 17.7. The lowest BCUT2D eigenvalue weighted by Gasteiger charge is -2.34. The average Bonchev–Trinajstić information content (AvgIpc) is 2.67. The normalized spacial score (nSPS) is 21.8. The summed E-state index contributed by atoms with van der Waals surface area (Å²) in [5.74, 6) is 0.661. The molecule has 1 unspecified atom stereocenters. The first-order valence-electron chi connectivity index (χ1n) is 8.72. The Labute approximate surface area is 164 Å². The number of para-hydroxylation sites is 1. The van der Waals surface area contributed by atoms with Crippen molar-refractivity contribution in [3.05, 3.63) is 46.9 Å². The lowest BCUT2D eigenvalue weighted by atomic mass is 9.87. The van der Waals surface area contributed by atoms with E-state index in [9.17, 15) is 8.42 Å². The van der Waals surface area contributed by atoms with Crippen molar-refractivity contribution >= 4 is 37.1 Å². The molecule has 2 aromatic rings. The number of sulfone groups is 1. The van der Waals surface area contributed by atoms with Gasteiger partial charge in [-0.3, -0.25) is 0 Å². The summed E-state index contributed by atoms with van der Waals surface area (Å²) in [6, 6.07) is 13.5. The highest BCUT2D eigenvalue weighted by Gasteiger charge is 2.39. The number of anilines is 2. The average molecular weight is 438 g/mol. The number of halogens is 1. The molecule has 0 saturated heterocycles. The zero-order chi connectivity index (χ0) is 18.9. The minimum Gasteiger partial charge on any atom is -0.496 e. The zero-order valence-electron chi connectivity index (χ0n) is 15.3. The molecule has 0 amide bonds. The van der Waals surface area contributed by atoms with Crippen LogP contribution in [0.15, 0.2) is 51.8 Å². The van der Waals surface area contributed by atoms with E-state index in [1.54, 1.807) is 13.2 Å². The van der Waals surface area contributed by atoms with Crippen molar-refractivity contribution in [2.75, 3.05) is 24.3 Å². The second-order valence-corrected chi connectivity index (χ2v) is 10.0. The predicted octanol–water partition coefficient (Wildman–Crippen LogP) is 5.19. The van der Waals surface area contributed by atoms with Crippen molar-refractivity contribution in [3.63, 3.8) is 0 Å². The van der Waals surface area contributed by atoms with Crippen LogP contribution >= 0.6 is 15.9 Å². The minimum atomic E-state index is -3.44. The van der Waals surface area contributed by atoms with Gasteiger partial charge in [-0.25, -0.2) is 8.42 Å². The summed E-state index contributed by atoms with van der Waals surface area (Å²) in [6.07, 6.45) is 1.79. The van der Waals surface area contributed by atoms with Gasteiger partial charge in [0.05, 0.1) is 27.9 Å². The predicted molar refractivity (Wildman–Crippen MR) is 109 cm³/mol. The number of ether oxygens (including phenoxy) is 1. The topological polar surface area (TPSA) is 46.6 Å². The van der Waals surface area contributed by atoms with E-state index in [2.05, 4.69) is 34.7 Å². The van der Waals surface area contributed by atoms with Gasteiger partial charge < -0.3 is 9.64 Å². The van der Waals surface area contributed by atoms with Crippen molar-refractivity contribution in [2.24, 2.45) is 5.41 Å². The van der Waals surface area contributed by atoms with Crippen LogP contribution in [0.25, 0.3) is 0 Å². The third-order valence-electron chi connectivity index (χ3n) is 4.86. The largest absolute Gasteiger partial charge is 0.496 e. The third-order valence-corrected chi connectivity index (χ3v) is 7.55. The van der Waals surface area contributed by atoms with Crippen LogP contribution in [0, 0.1) is 5.41 Å². The van der Waals surface area contributed by atoms with Crippen molar-refractivity contribution in [1.82, 2.24) is 0 Å². The van der Waals surface area contributed by atoms with E-state index in [1.807, 2.05) is 36.4 Å². The second kappa shape index (κ2) is 7.24. The number of nitrogens with zero attached hydrogens (tertiary/aromatic N) is 1. The summed E-state index contributed by atoms with van der Waals surface area (Å²) in [4.78, 5) is 2.46. The van der Waals surface area contributed by atoms with Gasteiger partial charge >= 0.3 is 0 Å². The standard InChI is InChI=1S/C20H24BrNO3S/c1-4-10-20(2)13-22(15-8-6-5-7-9-15)17-11-16(21)18(25-3)12-19(17)26(23,24)14-20/h5-9,11-12H,4,10,13-14H2,1-3H3. The maximum absolute atomic E-state index is 13.2. The molecule has 1 aliphatic rings. The van der Waals surface area contributed by atoms with Gasteiger partial charge in [-0.1, -0.05) is 38.5 Å². The molecule has 0 saturated carbocycles. The number of hydrogen-bond donors (Lipinski definition) is 0. The van der Waals surface area contributed by atoms with Crippen molar-refractivity contribution in [1.29, 1.82) is 0 Å². The van der Waals surface area contributed by atoms with Gasteiger partial charge in [-0.15, -0.1) is 0 Å². The Morgan fingerprint density at radius 2 is 1.92 bits per heavy atom. The van der Waals surface area contributed by atoms with E-state index >= 15 is 0 Å². The maximum atomic E-state index is 13.2. The van der Waals surface area contributed by atoms with Crippen molar-refractivity contribution in [2.45, 2.75) is 31.6 Å². The van der Waals surface area contributed by atoms with E-state index in [0.717, 1.165) is 23.0 Å². The highest BCUT2D eigenvalue weighted by Crippen LogP contribution is 2.45. The van der Waals surface area contributed by atoms with Crippen molar-refractivity contribution < 1.29 is 13.2 Å². The molecule has 2 aromatic carbocycles. The molecule has 3 rings (SSSR count). The van der Waals surface area contributed by atoms with E-state index in [0.29, 0.717) is 22.9 Å². The summed E-state index contributed by atoms with van der Waals surface area (Å²) in [5, 5.41) is 0. The van der Waals surface area contributed by atoms with E-state index in [-0.39, 0.29) is 11.2 Å². The maximum Gasteiger partial charge on any atom is 0.181 e. The molecule has 1 heterocycles. The third kappa shape index (κ3) is 3.62. The Hall–Kier alpha value is -1.53. The van der Waals surface area contributed by atoms with Gasteiger partial charge in [0.1, 0.15) is 5.75 Å². The fraction of sp³-hybridized carbons (Fsp3) is 0.400. The summed E-state index contributed by atoms with van der Waals surface area (Å²) in [5.41, 5.74) is 1.36. The van der Waals surface area contributed by atoms with Gasteiger partial charge in [-0.2, -0.15) is 0 Å². The van der Waals surface area contributed by atoms with Crippen LogP contribution in [0.4, 0.5) is 11.4 Å². The SMILES string of the molecule is CCCC1(C)CN(c2ccccc2)c2cc(Br)c(OC)cc2S(=O)(=O)C1. The van der Waals surface area contributed by atoms with Crippen LogP contribution in [-0.4, -0.2) is 27.8 Å². The summed E-state index contributed by atoms with van der Waals surface area (Å²) in [7, 11) is -1.89. The first-order chi connectivity index (χ1) is 12.3. The van der Waals surface area contributed by atoms with Crippen LogP contribution in [-0.2, 0) is 9.84 Å². The Morgan fingerprint density at radius 3 is 2.54 bits per heavy atom. The number of benzene rings is 2. The van der Waals surface area contributed by atoms with Crippen LogP contribution in [0.5, 0.6) is 5.75 Å².